The van der Waals surface area contributed by atoms with Gasteiger partial charge in [0.1, 0.15) is 12.4 Å². The summed E-state index contributed by atoms with van der Waals surface area (Å²) in [5.41, 5.74) is 0.345. The Hall–Kier alpha value is -1.05. The fourth-order valence-corrected chi connectivity index (χ4v) is 0.624. The molecule has 1 aromatic carbocycles. The molecular weight excluding hydrogens is 119 g/mol. The molecular formula is C7H7FO. The molecule has 48 valence electrons. The molecule has 0 bridgehead atoms. The number of alkyl halides is 1. The van der Waals surface area contributed by atoms with Crippen molar-refractivity contribution in [3.8, 4) is 5.75 Å². The molecule has 0 radical (unpaired) electrons. The molecule has 0 saturated heterocycles. The minimum atomic E-state index is -0.604. The van der Waals surface area contributed by atoms with Gasteiger partial charge in [0.25, 0.3) is 0 Å². The average Bonchev–Trinajstić information content (AvgIpc) is 1.89. The number of hydrogen-bond acceptors (Lipinski definition) is 1. The summed E-state index contributed by atoms with van der Waals surface area (Å²) < 4.78 is 11.8. The van der Waals surface area contributed by atoms with Crippen molar-refractivity contribution in [3.63, 3.8) is 0 Å². The number of phenols is 1. The van der Waals surface area contributed by atoms with E-state index in [2.05, 4.69) is 0 Å². The van der Waals surface area contributed by atoms with Crippen molar-refractivity contribution in [3.05, 3.63) is 29.8 Å². The molecule has 1 aromatic rings. The fraction of sp³-hybridized carbons (Fsp3) is 0.143. The maximum absolute atomic E-state index is 11.8. The van der Waals surface area contributed by atoms with E-state index in [9.17, 15) is 4.39 Å². The van der Waals surface area contributed by atoms with E-state index in [1.165, 1.54) is 6.07 Å². The van der Waals surface area contributed by atoms with Crippen molar-refractivity contribution >= 4 is 0 Å². The summed E-state index contributed by atoms with van der Waals surface area (Å²) in [6, 6.07) is 6.37. The topological polar surface area (TPSA) is 20.2 Å². The van der Waals surface area contributed by atoms with E-state index in [1.807, 2.05) is 0 Å². The second-order valence-corrected chi connectivity index (χ2v) is 1.76. The Kier molecular flexibility index (Phi) is 1.68. The first kappa shape index (κ1) is 6.08. The van der Waals surface area contributed by atoms with Crippen LogP contribution in [-0.2, 0) is 6.67 Å². The van der Waals surface area contributed by atoms with Gasteiger partial charge in [0.15, 0.2) is 0 Å². The Morgan fingerprint density at radius 2 is 2.00 bits per heavy atom. The van der Waals surface area contributed by atoms with Crippen LogP contribution in [0.15, 0.2) is 24.3 Å². The Morgan fingerprint density at radius 1 is 1.33 bits per heavy atom. The fourth-order valence-electron chi connectivity index (χ4n) is 0.624. The van der Waals surface area contributed by atoms with Crippen LogP contribution in [0.2, 0.25) is 0 Å². The van der Waals surface area contributed by atoms with Gasteiger partial charge < -0.3 is 5.11 Å². The predicted molar refractivity (Wildman–Crippen MR) is 32.9 cm³/mol. The first-order chi connectivity index (χ1) is 4.34. The van der Waals surface area contributed by atoms with Crippen LogP contribution in [0.3, 0.4) is 0 Å². The van der Waals surface area contributed by atoms with E-state index in [1.54, 1.807) is 18.2 Å². The van der Waals surface area contributed by atoms with Crippen LogP contribution in [0.25, 0.3) is 0 Å². The summed E-state index contributed by atoms with van der Waals surface area (Å²) in [5.74, 6) is 0.0278. The number of benzene rings is 1. The van der Waals surface area contributed by atoms with Gasteiger partial charge in [-0.15, -0.1) is 0 Å². The van der Waals surface area contributed by atoms with E-state index >= 15 is 0 Å². The average molecular weight is 126 g/mol. The molecule has 0 aliphatic heterocycles. The molecule has 1 nitrogen and oxygen atoms in total. The Labute approximate surface area is 52.8 Å². The summed E-state index contributed by atoms with van der Waals surface area (Å²) in [4.78, 5) is 0. The monoisotopic (exact) mass is 126 g/mol. The molecule has 0 aliphatic rings. The quantitative estimate of drug-likeness (QED) is 0.609. The number of rotatable bonds is 1. The predicted octanol–water partition coefficient (Wildman–Crippen LogP) is 1.86. The van der Waals surface area contributed by atoms with Gasteiger partial charge in [-0.2, -0.15) is 0 Å². The van der Waals surface area contributed by atoms with Gasteiger partial charge in [0, 0.05) is 5.56 Å². The minimum absolute atomic E-state index is 0.0278. The van der Waals surface area contributed by atoms with Gasteiger partial charge in [0.2, 0.25) is 0 Å². The summed E-state index contributed by atoms with van der Waals surface area (Å²) in [6.07, 6.45) is 0. The van der Waals surface area contributed by atoms with Crippen molar-refractivity contribution in [2.75, 3.05) is 0 Å². The van der Waals surface area contributed by atoms with Crippen LogP contribution in [0.1, 0.15) is 5.56 Å². The van der Waals surface area contributed by atoms with E-state index < -0.39 is 6.67 Å². The maximum atomic E-state index is 11.8. The molecule has 0 aromatic heterocycles. The zero-order valence-electron chi connectivity index (χ0n) is 4.84. The summed E-state index contributed by atoms with van der Waals surface area (Å²) in [5, 5.41) is 8.87. The molecule has 0 atom stereocenters. The molecule has 1 N–H and O–H groups in total. The Morgan fingerprint density at radius 3 is 2.44 bits per heavy atom. The lowest BCUT2D eigenvalue weighted by atomic mass is 10.2. The van der Waals surface area contributed by atoms with Crippen molar-refractivity contribution in [2.24, 2.45) is 0 Å². The highest BCUT2D eigenvalue weighted by Crippen LogP contribution is 2.15. The van der Waals surface area contributed by atoms with Gasteiger partial charge in [-0.1, -0.05) is 18.2 Å². The molecule has 0 fully saturated rings. The van der Waals surface area contributed by atoms with Crippen LogP contribution in [0.5, 0.6) is 5.75 Å². The minimum Gasteiger partial charge on any atom is -0.508 e. The van der Waals surface area contributed by atoms with Gasteiger partial charge in [-0.05, 0) is 6.07 Å². The Bertz CT molecular complexity index is 198. The first-order valence-corrected chi connectivity index (χ1v) is 2.67. The van der Waals surface area contributed by atoms with Crippen molar-refractivity contribution in [1.82, 2.24) is 0 Å². The third-order valence-corrected chi connectivity index (χ3v) is 1.14. The summed E-state index contributed by atoms with van der Waals surface area (Å²) in [7, 11) is 0. The second kappa shape index (κ2) is 2.49. The van der Waals surface area contributed by atoms with Crippen LogP contribution in [-0.4, -0.2) is 5.11 Å². The number of aromatic hydroxyl groups is 1. The number of phenolic OH excluding ortho intramolecular Hbond substituents is 1. The SMILES string of the molecule is Oc1ccccc1CF. The third kappa shape index (κ3) is 1.19. The molecule has 0 heterocycles. The third-order valence-electron chi connectivity index (χ3n) is 1.14. The standard InChI is InChI=1S/C7H7FO/c8-5-6-3-1-2-4-7(6)9/h1-4,9H,5H2. The normalized spacial score (nSPS) is 9.44. The number of hydrogen-bond donors (Lipinski definition) is 1. The molecule has 0 spiro atoms. The summed E-state index contributed by atoms with van der Waals surface area (Å²) >= 11 is 0. The van der Waals surface area contributed by atoms with Crippen LogP contribution in [0, 0.1) is 0 Å². The van der Waals surface area contributed by atoms with Gasteiger partial charge in [-0.25, -0.2) is 4.39 Å². The highest BCUT2D eigenvalue weighted by Gasteiger charge is 1.94. The van der Waals surface area contributed by atoms with Crippen LogP contribution in [0.4, 0.5) is 4.39 Å². The molecule has 0 amide bonds. The van der Waals surface area contributed by atoms with E-state index in [0.717, 1.165) is 0 Å². The van der Waals surface area contributed by atoms with Gasteiger partial charge in [0.05, 0.1) is 0 Å². The molecule has 0 saturated carbocycles. The van der Waals surface area contributed by atoms with E-state index in [-0.39, 0.29) is 5.75 Å². The van der Waals surface area contributed by atoms with Crippen molar-refractivity contribution in [2.45, 2.75) is 6.67 Å². The lowest BCUT2D eigenvalue weighted by Crippen LogP contribution is -1.76. The molecule has 0 aliphatic carbocycles. The lowest BCUT2D eigenvalue weighted by Gasteiger charge is -1.95. The van der Waals surface area contributed by atoms with Crippen LogP contribution < -0.4 is 0 Å². The van der Waals surface area contributed by atoms with Gasteiger partial charge in [-0.3, -0.25) is 0 Å². The maximum Gasteiger partial charge on any atom is 0.121 e. The van der Waals surface area contributed by atoms with Crippen molar-refractivity contribution < 1.29 is 9.50 Å². The molecule has 0 unspecified atom stereocenters. The summed E-state index contributed by atoms with van der Waals surface area (Å²) in [6.45, 7) is -0.604. The number of para-hydroxylation sites is 1. The molecule has 9 heavy (non-hydrogen) atoms. The highest BCUT2D eigenvalue weighted by molar-refractivity contribution is 5.30. The highest BCUT2D eigenvalue weighted by atomic mass is 19.1. The molecule has 1 rings (SSSR count). The largest absolute Gasteiger partial charge is 0.508 e. The first-order valence-electron chi connectivity index (χ1n) is 2.67. The number of halogens is 1. The lowest BCUT2D eigenvalue weighted by molar-refractivity contribution is 0.433. The smallest absolute Gasteiger partial charge is 0.121 e. The zero-order valence-corrected chi connectivity index (χ0v) is 4.84. The Balaban J connectivity index is 3.01. The van der Waals surface area contributed by atoms with E-state index in [4.69, 9.17) is 5.11 Å². The van der Waals surface area contributed by atoms with Gasteiger partial charge >= 0.3 is 0 Å². The van der Waals surface area contributed by atoms with Crippen molar-refractivity contribution in [1.29, 1.82) is 0 Å². The zero-order chi connectivity index (χ0) is 6.69. The second-order valence-electron chi connectivity index (χ2n) is 1.76. The van der Waals surface area contributed by atoms with Crippen LogP contribution >= 0.6 is 0 Å². The van der Waals surface area contributed by atoms with E-state index in [0.29, 0.717) is 5.56 Å². The molecule has 2 heteroatoms.